The molecule has 1 saturated heterocycles. The summed E-state index contributed by atoms with van der Waals surface area (Å²) < 4.78 is 76.4. The Bertz CT molecular complexity index is 2270. The predicted molar refractivity (Wildman–Crippen MR) is 181 cm³/mol. The Labute approximate surface area is 287 Å². The summed E-state index contributed by atoms with van der Waals surface area (Å²) in [4.78, 5) is 40.9. The number of aromatic amines is 1. The minimum atomic E-state index is -4.66. The Hall–Kier alpha value is -5.50. The van der Waals surface area contributed by atoms with Gasteiger partial charge in [-0.15, -0.1) is 0 Å². The second kappa shape index (κ2) is 12.8. The Morgan fingerprint density at radius 1 is 0.920 bits per heavy atom. The number of ketones is 1. The molecule has 0 spiro atoms. The summed E-state index contributed by atoms with van der Waals surface area (Å²) in [6.07, 6.45) is -4.48. The van der Waals surface area contributed by atoms with Crippen LogP contribution in [-0.2, 0) is 17.4 Å². The molecule has 0 bridgehead atoms. The lowest BCUT2D eigenvalue weighted by Gasteiger charge is -2.29. The van der Waals surface area contributed by atoms with Crippen molar-refractivity contribution >= 4 is 51.2 Å². The van der Waals surface area contributed by atoms with Crippen LogP contribution in [0.4, 0.5) is 33.3 Å². The van der Waals surface area contributed by atoms with E-state index in [0.717, 1.165) is 23.1 Å². The molecule has 5 aromatic rings. The lowest BCUT2D eigenvalue weighted by Crippen LogP contribution is -2.44. The minimum absolute atomic E-state index is 0.0293. The summed E-state index contributed by atoms with van der Waals surface area (Å²) >= 11 is 5.53. The maximum Gasteiger partial charge on any atom is 0.416 e. The number of alkyl halides is 3. The number of rotatable bonds is 8. The molecule has 6 rings (SSSR count). The smallest absolute Gasteiger partial charge is 0.416 e. The molecule has 1 aliphatic rings. The van der Waals surface area contributed by atoms with Crippen molar-refractivity contribution in [2.75, 3.05) is 16.4 Å². The first-order valence-electron chi connectivity index (χ1n) is 15.1. The van der Waals surface area contributed by atoms with Crippen molar-refractivity contribution < 1.29 is 36.3 Å². The molecule has 1 fully saturated rings. The van der Waals surface area contributed by atoms with Crippen LogP contribution in [0, 0.1) is 18.6 Å². The minimum Gasteiger partial charge on any atom is -0.482 e. The standard InChI is InChI=1S/C36H27F5N4O4S/c1-19-8-10-21(16-26(19)36(39,40)41)44-33(48)35(2,3)45(34(44)50)22-11-13-31(28(38)17-22)49-18-30(46)25-14-20(9-12-27(25)37)15-29-23-6-4-5-7-24(23)32(47)43-42-29/h4-14,16-17H,15,18H2,1-3H3,(H,43,47). The molecule has 0 unspecified atom stereocenters. The average Bonchev–Trinajstić information content (AvgIpc) is 3.24. The molecule has 1 aromatic heterocycles. The molecule has 1 amide bonds. The van der Waals surface area contributed by atoms with Gasteiger partial charge in [-0.05, 0) is 86.6 Å². The van der Waals surface area contributed by atoms with E-state index >= 15 is 4.39 Å². The van der Waals surface area contributed by atoms with E-state index in [0.29, 0.717) is 22.0 Å². The van der Waals surface area contributed by atoms with Crippen LogP contribution in [0.3, 0.4) is 0 Å². The summed E-state index contributed by atoms with van der Waals surface area (Å²) in [7, 11) is 0. The van der Waals surface area contributed by atoms with Crippen molar-refractivity contribution in [3.05, 3.63) is 129 Å². The highest BCUT2D eigenvalue weighted by Crippen LogP contribution is 2.40. The van der Waals surface area contributed by atoms with Crippen LogP contribution in [0.1, 0.15) is 46.6 Å². The van der Waals surface area contributed by atoms with Crippen LogP contribution in [0.2, 0.25) is 0 Å². The molecule has 14 heteroatoms. The maximum atomic E-state index is 15.4. The Morgan fingerprint density at radius 3 is 2.32 bits per heavy atom. The number of halogens is 5. The van der Waals surface area contributed by atoms with Gasteiger partial charge in [0, 0.05) is 23.6 Å². The number of H-pyrrole nitrogens is 1. The van der Waals surface area contributed by atoms with Crippen LogP contribution in [0.15, 0.2) is 83.7 Å². The number of anilines is 2. The number of hydrogen-bond acceptors (Lipinski definition) is 6. The van der Waals surface area contributed by atoms with Gasteiger partial charge in [0.25, 0.3) is 11.5 Å². The van der Waals surface area contributed by atoms with Gasteiger partial charge < -0.3 is 9.64 Å². The molecule has 256 valence electrons. The number of carbonyl (C=O) groups is 2. The molecule has 0 aliphatic carbocycles. The lowest BCUT2D eigenvalue weighted by molar-refractivity contribution is -0.138. The summed E-state index contributed by atoms with van der Waals surface area (Å²) in [6, 6.07) is 17.8. The second-order valence-electron chi connectivity index (χ2n) is 12.2. The van der Waals surface area contributed by atoms with E-state index in [1.54, 1.807) is 24.3 Å². The van der Waals surface area contributed by atoms with Gasteiger partial charge in [-0.25, -0.2) is 13.9 Å². The van der Waals surface area contributed by atoms with E-state index in [2.05, 4.69) is 10.2 Å². The van der Waals surface area contributed by atoms with Crippen LogP contribution in [0.5, 0.6) is 5.75 Å². The Morgan fingerprint density at radius 2 is 1.62 bits per heavy atom. The number of hydrogen-bond donors (Lipinski definition) is 1. The molecule has 0 radical (unpaired) electrons. The van der Waals surface area contributed by atoms with Gasteiger partial charge in [0.2, 0.25) is 5.78 Å². The van der Waals surface area contributed by atoms with E-state index in [1.807, 2.05) is 0 Å². The molecule has 50 heavy (non-hydrogen) atoms. The number of ether oxygens (including phenoxy) is 1. The molecule has 4 aromatic carbocycles. The van der Waals surface area contributed by atoms with Crippen molar-refractivity contribution in [2.24, 2.45) is 0 Å². The van der Waals surface area contributed by atoms with Gasteiger partial charge in [-0.1, -0.05) is 30.3 Å². The fourth-order valence-electron chi connectivity index (χ4n) is 5.87. The van der Waals surface area contributed by atoms with Crippen LogP contribution >= 0.6 is 12.2 Å². The topological polar surface area (TPSA) is 95.6 Å². The monoisotopic (exact) mass is 706 g/mol. The highest BCUT2D eigenvalue weighted by molar-refractivity contribution is 7.81. The van der Waals surface area contributed by atoms with Gasteiger partial charge in [-0.3, -0.25) is 19.3 Å². The first kappa shape index (κ1) is 34.4. The maximum absolute atomic E-state index is 15.4. The zero-order chi connectivity index (χ0) is 36.1. The van der Waals surface area contributed by atoms with Crippen molar-refractivity contribution in [3.63, 3.8) is 0 Å². The largest absolute Gasteiger partial charge is 0.482 e. The number of aryl methyl sites for hydroxylation is 1. The van der Waals surface area contributed by atoms with Gasteiger partial charge in [0.15, 0.2) is 23.3 Å². The number of amides is 1. The predicted octanol–water partition coefficient (Wildman–Crippen LogP) is 7.30. The second-order valence-corrected chi connectivity index (χ2v) is 12.5. The summed E-state index contributed by atoms with van der Waals surface area (Å²) in [5, 5.41) is 7.43. The zero-order valence-electron chi connectivity index (χ0n) is 26.7. The zero-order valence-corrected chi connectivity index (χ0v) is 27.5. The van der Waals surface area contributed by atoms with E-state index < -0.39 is 47.2 Å². The van der Waals surface area contributed by atoms with Crippen molar-refractivity contribution in [2.45, 2.75) is 38.9 Å². The number of fused-ring (bicyclic) bond motifs is 1. The van der Waals surface area contributed by atoms with Crippen molar-refractivity contribution in [1.29, 1.82) is 0 Å². The highest BCUT2D eigenvalue weighted by Gasteiger charge is 2.50. The van der Waals surface area contributed by atoms with Gasteiger partial charge in [-0.2, -0.15) is 18.3 Å². The molecular weight excluding hydrogens is 679 g/mol. The third-order valence-corrected chi connectivity index (χ3v) is 8.83. The molecule has 1 aliphatic heterocycles. The molecule has 8 nitrogen and oxygen atoms in total. The molecule has 0 saturated carbocycles. The van der Waals surface area contributed by atoms with E-state index in [9.17, 15) is 31.9 Å². The normalized spacial score (nSPS) is 14.5. The summed E-state index contributed by atoms with van der Waals surface area (Å²) in [6.45, 7) is 3.58. The number of nitrogens with zero attached hydrogens (tertiary/aromatic N) is 3. The first-order valence-corrected chi connectivity index (χ1v) is 15.6. The van der Waals surface area contributed by atoms with Crippen molar-refractivity contribution in [1.82, 2.24) is 10.2 Å². The highest BCUT2D eigenvalue weighted by atomic mass is 32.1. The molecule has 2 heterocycles. The number of nitrogens with one attached hydrogen (secondary N) is 1. The number of benzene rings is 4. The molecular formula is C36H27F5N4O4S. The van der Waals surface area contributed by atoms with Gasteiger partial charge in [0.05, 0.1) is 27.9 Å². The fraction of sp³-hybridized carbons (Fsp3) is 0.194. The Balaban J connectivity index is 1.19. The van der Waals surface area contributed by atoms with Crippen LogP contribution in [-0.4, -0.2) is 39.1 Å². The molecule has 0 atom stereocenters. The van der Waals surface area contributed by atoms with Crippen molar-refractivity contribution in [3.8, 4) is 5.75 Å². The van der Waals surface area contributed by atoms with Crippen LogP contribution in [0.25, 0.3) is 10.8 Å². The quantitative estimate of drug-likeness (QED) is 0.103. The fourth-order valence-corrected chi connectivity index (χ4v) is 6.40. The number of carbonyl (C=O) groups excluding carboxylic acids is 2. The SMILES string of the molecule is Cc1ccc(N2C(=O)C(C)(C)N(c3ccc(OCC(=O)c4cc(Cc5n[nH]c(=O)c6ccccc56)ccc4F)c(F)c3)C2=S)cc1C(F)(F)F. The Kier molecular flexibility index (Phi) is 8.76. The summed E-state index contributed by atoms with van der Waals surface area (Å²) in [5.41, 5.74) is -1.95. The number of aromatic nitrogens is 2. The number of Topliss-reactive ketones (excluding diaryl/α,β-unsaturated/α-hetero) is 1. The molecule has 1 N–H and O–H groups in total. The van der Waals surface area contributed by atoms with E-state index in [4.69, 9.17) is 17.0 Å². The van der Waals surface area contributed by atoms with E-state index in [-0.39, 0.29) is 45.3 Å². The first-order chi connectivity index (χ1) is 23.6. The third-order valence-electron chi connectivity index (χ3n) is 8.46. The summed E-state index contributed by atoms with van der Waals surface area (Å²) in [5.74, 6) is -3.49. The van der Waals surface area contributed by atoms with Crippen LogP contribution < -0.4 is 20.1 Å². The van der Waals surface area contributed by atoms with E-state index in [1.165, 1.54) is 62.1 Å². The third kappa shape index (κ3) is 6.22. The lowest BCUT2D eigenvalue weighted by atomic mass is 10.0. The van der Waals surface area contributed by atoms with Gasteiger partial charge >= 0.3 is 6.18 Å². The average molecular weight is 707 g/mol. The van der Waals surface area contributed by atoms with Gasteiger partial charge in [0.1, 0.15) is 11.4 Å². The number of thiocarbonyl (C=S) groups is 1.